The molecule has 1 unspecified atom stereocenters. The summed E-state index contributed by atoms with van der Waals surface area (Å²) in [6.07, 6.45) is 11.4. The average Bonchev–Trinajstić information content (AvgIpc) is 3.19. The summed E-state index contributed by atoms with van der Waals surface area (Å²) in [7, 11) is 0. The molecule has 0 radical (unpaired) electrons. The predicted molar refractivity (Wildman–Crippen MR) is 112 cm³/mol. The number of aryl methyl sites for hydroxylation is 1. The van der Waals surface area contributed by atoms with Crippen LogP contribution < -0.4 is 5.32 Å². The predicted octanol–water partition coefficient (Wildman–Crippen LogP) is 2.80. The molecule has 6 nitrogen and oxygen atoms in total. The zero-order chi connectivity index (χ0) is 20.1. The van der Waals surface area contributed by atoms with Gasteiger partial charge < -0.3 is 15.2 Å². The molecule has 1 aromatic heterocycles. The first-order valence-electron chi connectivity index (χ1n) is 10.4. The minimum absolute atomic E-state index is 0.0250. The number of aromatic amines is 1. The van der Waals surface area contributed by atoms with E-state index in [1.54, 1.807) is 24.7 Å². The molecule has 2 aliphatic rings. The molecule has 1 atom stereocenters. The third-order valence-corrected chi connectivity index (χ3v) is 6.29. The number of H-pyrrole nitrogens is 1. The molecule has 1 aliphatic carbocycles. The SMILES string of the molecule is O=C(NCCCc1ccccc1)C1CC12CCN(C(=O)/C=C/c1cnc[nH]1)CC2. The van der Waals surface area contributed by atoms with Crippen molar-refractivity contribution >= 4 is 17.9 Å². The molecule has 1 aliphatic heterocycles. The maximum atomic E-state index is 12.5. The first kappa shape index (κ1) is 19.4. The Labute approximate surface area is 171 Å². The lowest BCUT2D eigenvalue weighted by atomic mass is 9.90. The Morgan fingerprint density at radius 2 is 2.03 bits per heavy atom. The normalized spacial score (nSPS) is 20.1. The maximum Gasteiger partial charge on any atom is 0.246 e. The third-order valence-electron chi connectivity index (χ3n) is 6.29. The smallest absolute Gasteiger partial charge is 0.246 e. The molecule has 1 saturated carbocycles. The summed E-state index contributed by atoms with van der Waals surface area (Å²) in [6.45, 7) is 2.18. The minimum atomic E-state index is 0.0250. The summed E-state index contributed by atoms with van der Waals surface area (Å²) in [5.41, 5.74) is 2.24. The van der Waals surface area contributed by atoms with Crippen LogP contribution in [0.1, 0.15) is 36.9 Å². The lowest BCUT2D eigenvalue weighted by molar-refractivity contribution is -0.127. The summed E-state index contributed by atoms with van der Waals surface area (Å²) in [6, 6.07) is 10.4. The van der Waals surface area contributed by atoms with E-state index in [0.717, 1.165) is 57.4 Å². The van der Waals surface area contributed by atoms with Crippen molar-refractivity contribution in [3.05, 3.63) is 60.2 Å². The second-order valence-electron chi connectivity index (χ2n) is 8.16. The van der Waals surface area contributed by atoms with Crippen LogP contribution in [-0.4, -0.2) is 46.3 Å². The Balaban J connectivity index is 1.17. The van der Waals surface area contributed by atoms with Crippen molar-refractivity contribution in [2.75, 3.05) is 19.6 Å². The number of carbonyl (C=O) groups is 2. The van der Waals surface area contributed by atoms with Gasteiger partial charge in [-0.15, -0.1) is 0 Å². The van der Waals surface area contributed by atoms with Crippen LogP contribution in [0.4, 0.5) is 0 Å². The van der Waals surface area contributed by atoms with Gasteiger partial charge in [0.25, 0.3) is 0 Å². The monoisotopic (exact) mass is 392 g/mol. The van der Waals surface area contributed by atoms with Crippen LogP contribution in [0.25, 0.3) is 6.08 Å². The van der Waals surface area contributed by atoms with Gasteiger partial charge in [-0.1, -0.05) is 30.3 Å². The Hall–Kier alpha value is -2.89. The van der Waals surface area contributed by atoms with Crippen molar-refractivity contribution in [1.82, 2.24) is 20.2 Å². The molecule has 0 bridgehead atoms. The van der Waals surface area contributed by atoms with Crippen molar-refractivity contribution in [2.24, 2.45) is 11.3 Å². The summed E-state index contributed by atoms with van der Waals surface area (Å²) < 4.78 is 0. The summed E-state index contributed by atoms with van der Waals surface area (Å²) in [5.74, 6) is 0.339. The van der Waals surface area contributed by atoms with Crippen LogP contribution in [-0.2, 0) is 16.0 Å². The van der Waals surface area contributed by atoms with Crippen LogP contribution in [0.3, 0.4) is 0 Å². The van der Waals surface area contributed by atoms with E-state index < -0.39 is 0 Å². The zero-order valence-corrected chi connectivity index (χ0v) is 16.6. The van der Waals surface area contributed by atoms with Gasteiger partial charge in [0.15, 0.2) is 0 Å². The number of nitrogens with one attached hydrogen (secondary N) is 2. The molecule has 2 aromatic rings. The fraction of sp³-hybridized carbons (Fsp3) is 0.435. The number of aromatic nitrogens is 2. The van der Waals surface area contributed by atoms with E-state index in [-0.39, 0.29) is 23.1 Å². The molecule has 2 N–H and O–H groups in total. The number of hydrogen-bond donors (Lipinski definition) is 2. The number of rotatable bonds is 7. The van der Waals surface area contributed by atoms with E-state index in [2.05, 4.69) is 27.4 Å². The topological polar surface area (TPSA) is 78.1 Å². The fourth-order valence-corrected chi connectivity index (χ4v) is 4.34. The van der Waals surface area contributed by atoms with Crippen molar-refractivity contribution < 1.29 is 9.59 Å². The standard InChI is InChI=1S/C23H28N4O2/c28-21(9-8-19-16-24-17-26-19)27-13-10-23(11-14-27)15-20(23)22(29)25-12-4-7-18-5-2-1-3-6-18/h1-3,5-6,8-9,16-17,20H,4,7,10-15H2,(H,24,26)(H,25,29)/b9-8+. The number of likely N-dealkylation sites (tertiary alicyclic amines) is 1. The van der Waals surface area contributed by atoms with Crippen molar-refractivity contribution in [2.45, 2.75) is 32.1 Å². The highest BCUT2D eigenvalue weighted by Gasteiger charge is 2.58. The van der Waals surface area contributed by atoms with Gasteiger partial charge >= 0.3 is 0 Å². The molecule has 2 fully saturated rings. The minimum Gasteiger partial charge on any atom is -0.356 e. The second-order valence-corrected chi connectivity index (χ2v) is 8.16. The van der Waals surface area contributed by atoms with Gasteiger partial charge in [0, 0.05) is 31.6 Å². The number of piperidine rings is 1. The average molecular weight is 393 g/mol. The fourth-order valence-electron chi connectivity index (χ4n) is 4.34. The number of benzene rings is 1. The van der Waals surface area contributed by atoms with Crippen molar-refractivity contribution in [3.63, 3.8) is 0 Å². The first-order valence-corrected chi connectivity index (χ1v) is 10.4. The summed E-state index contributed by atoms with van der Waals surface area (Å²) >= 11 is 0. The first-order chi connectivity index (χ1) is 14.2. The molecular weight excluding hydrogens is 364 g/mol. The van der Waals surface area contributed by atoms with Crippen molar-refractivity contribution in [1.29, 1.82) is 0 Å². The van der Waals surface area contributed by atoms with Crippen LogP contribution in [0, 0.1) is 11.3 Å². The molecule has 6 heteroatoms. The molecule has 4 rings (SSSR count). The number of imidazole rings is 1. The van der Waals surface area contributed by atoms with Gasteiger partial charge in [-0.3, -0.25) is 9.59 Å². The molecule has 152 valence electrons. The highest BCUT2D eigenvalue weighted by Crippen LogP contribution is 2.59. The van der Waals surface area contributed by atoms with E-state index >= 15 is 0 Å². The van der Waals surface area contributed by atoms with Gasteiger partial charge in [-0.05, 0) is 49.2 Å². The molecule has 1 spiro atoms. The lowest BCUT2D eigenvalue weighted by Crippen LogP contribution is -2.40. The van der Waals surface area contributed by atoms with Crippen LogP contribution in [0.2, 0.25) is 0 Å². The molecule has 2 amide bonds. The Morgan fingerprint density at radius 3 is 2.76 bits per heavy atom. The molecule has 2 heterocycles. The number of nitrogens with zero attached hydrogens (tertiary/aromatic N) is 2. The zero-order valence-electron chi connectivity index (χ0n) is 16.6. The van der Waals surface area contributed by atoms with E-state index in [1.807, 2.05) is 23.1 Å². The highest BCUT2D eigenvalue weighted by atomic mass is 16.2. The van der Waals surface area contributed by atoms with Crippen molar-refractivity contribution in [3.8, 4) is 0 Å². The van der Waals surface area contributed by atoms with Gasteiger partial charge in [0.2, 0.25) is 11.8 Å². The number of carbonyl (C=O) groups excluding carboxylic acids is 2. The second kappa shape index (κ2) is 8.64. The molecular formula is C23H28N4O2. The maximum absolute atomic E-state index is 12.5. The van der Waals surface area contributed by atoms with E-state index in [9.17, 15) is 9.59 Å². The Morgan fingerprint density at radius 1 is 1.24 bits per heavy atom. The van der Waals surface area contributed by atoms with E-state index in [1.165, 1.54) is 5.56 Å². The number of amides is 2. The lowest BCUT2D eigenvalue weighted by Gasteiger charge is -2.32. The van der Waals surface area contributed by atoms with Crippen LogP contribution in [0.15, 0.2) is 48.9 Å². The number of hydrogen-bond acceptors (Lipinski definition) is 3. The molecule has 1 aromatic carbocycles. The van der Waals surface area contributed by atoms with Crippen LogP contribution >= 0.6 is 0 Å². The van der Waals surface area contributed by atoms with Gasteiger partial charge in [-0.2, -0.15) is 0 Å². The van der Waals surface area contributed by atoms with E-state index in [0.29, 0.717) is 0 Å². The quantitative estimate of drug-likeness (QED) is 0.562. The van der Waals surface area contributed by atoms with E-state index in [4.69, 9.17) is 0 Å². The Kier molecular flexibility index (Phi) is 5.79. The van der Waals surface area contributed by atoms with Crippen LogP contribution in [0.5, 0.6) is 0 Å². The molecule has 29 heavy (non-hydrogen) atoms. The van der Waals surface area contributed by atoms with Gasteiger partial charge in [0.05, 0.1) is 18.2 Å². The molecule has 1 saturated heterocycles. The van der Waals surface area contributed by atoms with Gasteiger partial charge in [0.1, 0.15) is 0 Å². The van der Waals surface area contributed by atoms with Gasteiger partial charge in [-0.25, -0.2) is 4.98 Å². The largest absolute Gasteiger partial charge is 0.356 e. The summed E-state index contributed by atoms with van der Waals surface area (Å²) in [4.78, 5) is 33.7. The third kappa shape index (κ3) is 4.75. The highest BCUT2D eigenvalue weighted by molar-refractivity contribution is 5.91. The Bertz CT molecular complexity index is 852. The summed E-state index contributed by atoms with van der Waals surface area (Å²) in [5, 5.41) is 3.12.